The number of ether oxygens (including phenoxy) is 1. The summed E-state index contributed by atoms with van der Waals surface area (Å²) in [5, 5.41) is 9.95. The van der Waals surface area contributed by atoms with Gasteiger partial charge in [0.25, 0.3) is 0 Å². The van der Waals surface area contributed by atoms with Crippen LogP contribution in [0, 0.1) is 23.2 Å². The smallest absolute Gasteiger partial charge is 0.409 e. The number of carboxylic acid groups (broad SMARTS) is 1. The maximum Gasteiger partial charge on any atom is 0.409 e. The third-order valence-corrected chi connectivity index (χ3v) is 8.51. The summed E-state index contributed by atoms with van der Waals surface area (Å²) in [6.45, 7) is 5.50. The Bertz CT molecular complexity index is 1010. The number of hydrogen-bond acceptors (Lipinski definition) is 3. The number of carboxylic acids is 1. The Kier molecular flexibility index (Phi) is 5.67. The molecule has 33 heavy (non-hydrogen) atoms. The molecule has 5 rings (SSSR count). The molecule has 1 aliphatic heterocycles. The molecule has 0 aromatic heterocycles. The summed E-state index contributed by atoms with van der Waals surface area (Å²) in [6, 6.07) is 16.6. The fourth-order valence-electron chi connectivity index (χ4n) is 6.52. The van der Waals surface area contributed by atoms with Gasteiger partial charge in [-0.3, -0.25) is 4.79 Å². The zero-order chi connectivity index (χ0) is 23.2. The van der Waals surface area contributed by atoms with Crippen molar-refractivity contribution in [2.75, 3.05) is 19.7 Å². The highest BCUT2D eigenvalue weighted by molar-refractivity contribution is 5.79. The summed E-state index contributed by atoms with van der Waals surface area (Å²) in [6.07, 6.45) is 3.45. The van der Waals surface area contributed by atoms with Gasteiger partial charge in [0.15, 0.2) is 0 Å². The van der Waals surface area contributed by atoms with Crippen LogP contribution in [0.15, 0.2) is 48.5 Å². The number of benzene rings is 2. The first-order valence-corrected chi connectivity index (χ1v) is 12.2. The second-order valence-corrected chi connectivity index (χ2v) is 10.5. The maximum atomic E-state index is 13.1. The Balaban J connectivity index is 1.29. The van der Waals surface area contributed by atoms with Crippen LogP contribution in [0.3, 0.4) is 0 Å². The van der Waals surface area contributed by atoms with Crippen molar-refractivity contribution in [3.63, 3.8) is 0 Å². The quantitative estimate of drug-likeness (QED) is 0.645. The molecule has 0 radical (unpaired) electrons. The van der Waals surface area contributed by atoms with E-state index in [9.17, 15) is 14.7 Å². The van der Waals surface area contributed by atoms with Gasteiger partial charge in [0, 0.05) is 24.4 Å². The van der Waals surface area contributed by atoms with Crippen LogP contribution in [0.2, 0.25) is 0 Å². The summed E-state index contributed by atoms with van der Waals surface area (Å²) in [5.74, 6) is -0.0217. The zero-order valence-electron chi connectivity index (χ0n) is 19.5. The standard InChI is InChI=1S/C28H33NO4/c1-18(2)19-11-13-28(14-12-19)17-29(15-25(28)26(30)31)27(32)33-16-24-22-9-5-3-7-20(22)21-8-4-6-10-23(21)24/h3-10,18-19,24-25H,11-17H2,1-2H3,(H,30,31). The van der Waals surface area contributed by atoms with Gasteiger partial charge < -0.3 is 14.7 Å². The van der Waals surface area contributed by atoms with Gasteiger partial charge in [-0.25, -0.2) is 4.79 Å². The van der Waals surface area contributed by atoms with Crippen molar-refractivity contribution in [1.82, 2.24) is 4.90 Å². The fraction of sp³-hybridized carbons (Fsp3) is 0.500. The third kappa shape index (κ3) is 3.81. The summed E-state index contributed by atoms with van der Waals surface area (Å²) < 4.78 is 5.84. The van der Waals surface area contributed by atoms with E-state index in [0.29, 0.717) is 18.4 Å². The maximum absolute atomic E-state index is 13.1. The molecule has 5 heteroatoms. The van der Waals surface area contributed by atoms with Gasteiger partial charge in [0.2, 0.25) is 0 Å². The highest BCUT2D eigenvalue weighted by atomic mass is 16.6. The van der Waals surface area contributed by atoms with E-state index in [4.69, 9.17) is 4.74 Å². The lowest BCUT2D eigenvalue weighted by Gasteiger charge is -2.40. The zero-order valence-corrected chi connectivity index (χ0v) is 19.5. The van der Waals surface area contributed by atoms with E-state index in [0.717, 1.165) is 25.7 Å². The van der Waals surface area contributed by atoms with Crippen molar-refractivity contribution >= 4 is 12.1 Å². The predicted octanol–water partition coefficient (Wildman–Crippen LogP) is 5.78. The lowest BCUT2D eigenvalue weighted by molar-refractivity contribution is -0.145. The second-order valence-electron chi connectivity index (χ2n) is 10.5. The third-order valence-electron chi connectivity index (χ3n) is 8.51. The number of carbonyl (C=O) groups excluding carboxylic acids is 1. The molecule has 1 N–H and O–H groups in total. The highest BCUT2D eigenvalue weighted by Crippen LogP contribution is 2.50. The van der Waals surface area contributed by atoms with Gasteiger partial charge in [-0.1, -0.05) is 62.4 Å². The van der Waals surface area contributed by atoms with Crippen LogP contribution < -0.4 is 0 Å². The largest absolute Gasteiger partial charge is 0.481 e. The van der Waals surface area contributed by atoms with Crippen molar-refractivity contribution in [2.24, 2.45) is 23.2 Å². The van der Waals surface area contributed by atoms with Gasteiger partial charge in [-0.15, -0.1) is 0 Å². The van der Waals surface area contributed by atoms with Crippen LogP contribution in [0.1, 0.15) is 56.6 Å². The molecule has 2 aliphatic carbocycles. The molecule has 1 unspecified atom stereocenters. The molecule has 1 atom stereocenters. The minimum absolute atomic E-state index is 0.00895. The highest BCUT2D eigenvalue weighted by Gasteiger charge is 2.53. The Morgan fingerprint density at radius 3 is 2.15 bits per heavy atom. The molecule has 1 saturated heterocycles. The molecule has 2 aromatic rings. The molecule has 1 saturated carbocycles. The molecule has 1 spiro atoms. The average molecular weight is 448 g/mol. The fourth-order valence-corrected chi connectivity index (χ4v) is 6.52. The molecule has 2 fully saturated rings. The van der Waals surface area contributed by atoms with Crippen LogP contribution >= 0.6 is 0 Å². The number of rotatable bonds is 4. The minimum atomic E-state index is -0.785. The molecule has 1 amide bonds. The van der Waals surface area contributed by atoms with Gasteiger partial charge in [-0.2, -0.15) is 0 Å². The summed E-state index contributed by atoms with van der Waals surface area (Å²) >= 11 is 0. The summed E-state index contributed by atoms with van der Waals surface area (Å²) in [4.78, 5) is 26.9. The van der Waals surface area contributed by atoms with Gasteiger partial charge in [0.05, 0.1) is 5.92 Å². The number of aliphatic carboxylic acids is 1. The Morgan fingerprint density at radius 2 is 1.61 bits per heavy atom. The molecular weight excluding hydrogens is 414 g/mol. The lowest BCUT2D eigenvalue weighted by Crippen LogP contribution is -2.39. The van der Waals surface area contributed by atoms with Crippen LogP contribution in [-0.2, 0) is 9.53 Å². The average Bonchev–Trinajstić information content (AvgIpc) is 3.34. The number of carbonyl (C=O) groups is 2. The number of nitrogens with zero attached hydrogens (tertiary/aromatic N) is 1. The van der Waals surface area contributed by atoms with E-state index in [1.165, 1.54) is 22.3 Å². The molecule has 174 valence electrons. The number of fused-ring (bicyclic) bond motifs is 3. The lowest BCUT2D eigenvalue weighted by atomic mass is 9.63. The van der Waals surface area contributed by atoms with Gasteiger partial charge in [-0.05, 0) is 59.8 Å². The van der Waals surface area contributed by atoms with E-state index < -0.39 is 11.9 Å². The first kappa shape index (κ1) is 22.0. The molecule has 5 nitrogen and oxygen atoms in total. The SMILES string of the molecule is CC(C)C1CCC2(CC1)CN(C(=O)OCC1c3ccccc3-c3ccccc31)CC2C(=O)O. The number of amides is 1. The van der Waals surface area contributed by atoms with Crippen LogP contribution in [0.25, 0.3) is 11.1 Å². The Labute approximate surface area is 195 Å². The van der Waals surface area contributed by atoms with Crippen molar-refractivity contribution < 1.29 is 19.4 Å². The number of hydrogen-bond donors (Lipinski definition) is 1. The van der Waals surface area contributed by atoms with Gasteiger partial charge in [0.1, 0.15) is 6.61 Å². The molecule has 2 aromatic carbocycles. The predicted molar refractivity (Wildman–Crippen MR) is 127 cm³/mol. The minimum Gasteiger partial charge on any atom is -0.481 e. The Hall–Kier alpha value is -2.82. The van der Waals surface area contributed by atoms with Crippen molar-refractivity contribution in [1.29, 1.82) is 0 Å². The summed E-state index contributed by atoms with van der Waals surface area (Å²) in [5.41, 5.74) is 4.44. The van der Waals surface area contributed by atoms with Crippen molar-refractivity contribution in [2.45, 2.75) is 45.4 Å². The normalized spacial score (nSPS) is 26.5. The van der Waals surface area contributed by atoms with Crippen LogP contribution in [-0.4, -0.2) is 41.8 Å². The topological polar surface area (TPSA) is 66.8 Å². The van der Waals surface area contributed by atoms with E-state index in [-0.39, 0.29) is 30.6 Å². The van der Waals surface area contributed by atoms with Gasteiger partial charge >= 0.3 is 12.1 Å². The van der Waals surface area contributed by atoms with E-state index in [1.54, 1.807) is 4.90 Å². The first-order valence-electron chi connectivity index (χ1n) is 12.2. The molecule has 3 aliphatic rings. The summed E-state index contributed by atoms with van der Waals surface area (Å²) in [7, 11) is 0. The van der Waals surface area contributed by atoms with E-state index >= 15 is 0 Å². The Morgan fingerprint density at radius 1 is 1.03 bits per heavy atom. The molecule has 0 bridgehead atoms. The number of likely N-dealkylation sites (tertiary alicyclic amines) is 1. The first-order chi connectivity index (χ1) is 15.9. The molecular formula is C28H33NO4. The second kappa shape index (κ2) is 8.51. The van der Waals surface area contributed by atoms with Crippen LogP contribution in [0.4, 0.5) is 4.79 Å². The van der Waals surface area contributed by atoms with Crippen molar-refractivity contribution in [3.8, 4) is 11.1 Å². The molecule has 1 heterocycles. The van der Waals surface area contributed by atoms with Crippen molar-refractivity contribution in [3.05, 3.63) is 59.7 Å². The van der Waals surface area contributed by atoms with E-state index in [2.05, 4.69) is 38.1 Å². The van der Waals surface area contributed by atoms with E-state index in [1.807, 2.05) is 24.3 Å². The van der Waals surface area contributed by atoms with Crippen LogP contribution in [0.5, 0.6) is 0 Å². The monoisotopic (exact) mass is 447 g/mol.